The van der Waals surface area contributed by atoms with Crippen molar-refractivity contribution in [2.45, 2.75) is 19.4 Å². The highest BCUT2D eigenvalue weighted by molar-refractivity contribution is 5.99. The Labute approximate surface area is 137 Å². The van der Waals surface area contributed by atoms with E-state index in [0.717, 1.165) is 12.2 Å². The van der Waals surface area contributed by atoms with Gasteiger partial charge >= 0.3 is 0 Å². The maximum atomic E-state index is 12.5. The lowest BCUT2D eigenvalue weighted by Gasteiger charge is -2.31. The number of benzene rings is 2. The number of nitrogens with zero attached hydrogens (tertiary/aromatic N) is 1. The molecule has 0 N–H and O–H groups in total. The van der Waals surface area contributed by atoms with Crippen LogP contribution >= 0.6 is 12.4 Å². The molecule has 4 heteroatoms. The van der Waals surface area contributed by atoms with E-state index >= 15 is 0 Å². The summed E-state index contributed by atoms with van der Waals surface area (Å²) in [4.78, 5) is 14.7. The first kappa shape index (κ1) is 16.4. The van der Waals surface area contributed by atoms with Gasteiger partial charge in [0.1, 0.15) is 12.4 Å². The van der Waals surface area contributed by atoms with E-state index in [9.17, 15) is 4.79 Å². The van der Waals surface area contributed by atoms with Crippen molar-refractivity contribution in [3.05, 3.63) is 60.2 Å². The van der Waals surface area contributed by atoms with Crippen LogP contribution in [0.1, 0.15) is 23.7 Å². The number of anilines is 1. The lowest BCUT2D eigenvalue weighted by Crippen LogP contribution is -2.40. The van der Waals surface area contributed by atoms with E-state index in [0.29, 0.717) is 24.3 Å². The van der Waals surface area contributed by atoms with Crippen molar-refractivity contribution < 1.29 is 9.53 Å². The standard InChI is InChI=1S/C18H19NO2.ClH/c1-2-19(14-8-4-3-5-9-14)15-12-17(20)16-10-6-7-11-18(16)21-13-15;/h3-11,15H,2,12-13H2,1H3;1H. The van der Waals surface area contributed by atoms with E-state index in [2.05, 4.69) is 24.0 Å². The fourth-order valence-corrected chi connectivity index (χ4v) is 2.86. The number of likely N-dealkylation sites (N-methyl/N-ethyl adjacent to an activating group) is 1. The van der Waals surface area contributed by atoms with E-state index in [1.807, 2.05) is 42.5 Å². The topological polar surface area (TPSA) is 29.5 Å². The highest BCUT2D eigenvalue weighted by Gasteiger charge is 2.27. The van der Waals surface area contributed by atoms with Crippen LogP contribution < -0.4 is 9.64 Å². The summed E-state index contributed by atoms with van der Waals surface area (Å²) >= 11 is 0. The molecule has 0 saturated heterocycles. The zero-order valence-electron chi connectivity index (χ0n) is 12.6. The van der Waals surface area contributed by atoms with Gasteiger partial charge in [0.15, 0.2) is 5.78 Å². The summed E-state index contributed by atoms with van der Waals surface area (Å²) < 4.78 is 5.87. The lowest BCUT2D eigenvalue weighted by atomic mass is 10.0. The second-order valence-corrected chi connectivity index (χ2v) is 5.21. The number of hydrogen-bond donors (Lipinski definition) is 0. The van der Waals surface area contributed by atoms with Gasteiger partial charge in [0.05, 0.1) is 11.6 Å². The largest absolute Gasteiger partial charge is 0.491 e. The Morgan fingerprint density at radius 2 is 1.77 bits per heavy atom. The molecule has 3 rings (SSSR count). The number of rotatable bonds is 3. The van der Waals surface area contributed by atoms with E-state index < -0.39 is 0 Å². The number of halogens is 1. The van der Waals surface area contributed by atoms with Gasteiger partial charge in [0, 0.05) is 18.7 Å². The number of carbonyl (C=O) groups is 1. The Morgan fingerprint density at radius 3 is 2.50 bits per heavy atom. The maximum Gasteiger partial charge on any atom is 0.168 e. The molecular weight excluding hydrogens is 298 g/mol. The summed E-state index contributed by atoms with van der Waals surface area (Å²) in [5.74, 6) is 0.858. The molecule has 0 radical (unpaired) electrons. The van der Waals surface area contributed by atoms with Crippen molar-refractivity contribution in [3.8, 4) is 5.75 Å². The molecule has 2 aromatic rings. The quantitative estimate of drug-likeness (QED) is 0.858. The van der Waals surface area contributed by atoms with Crippen molar-refractivity contribution in [2.24, 2.45) is 0 Å². The number of fused-ring (bicyclic) bond motifs is 1. The summed E-state index contributed by atoms with van der Waals surface area (Å²) in [6.07, 6.45) is 0.486. The Kier molecular flexibility index (Phi) is 5.45. The first-order valence-electron chi connectivity index (χ1n) is 7.36. The van der Waals surface area contributed by atoms with E-state index in [-0.39, 0.29) is 24.2 Å². The average Bonchev–Trinajstić information content (AvgIpc) is 2.69. The van der Waals surface area contributed by atoms with Crippen LogP contribution in [0.3, 0.4) is 0 Å². The smallest absolute Gasteiger partial charge is 0.168 e. The van der Waals surface area contributed by atoms with Crippen LogP contribution in [0.2, 0.25) is 0 Å². The third kappa shape index (κ3) is 3.25. The highest BCUT2D eigenvalue weighted by atomic mass is 35.5. The van der Waals surface area contributed by atoms with Gasteiger partial charge in [0.25, 0.3) is 0 Å². The predicted octanol–water partition coefficient (Wildman–Crippen LogP) is 3.97. The van der Waals surface area contributed by atoms with Crippen LogP contribution in [-0.4, -0.2) is 25.0 Å². The van der Waals surface area contributed by atoms with Crippen LogP contribution in [0.25, 0.3) is 0 Å². The van der Waals surface area contributed by atoms with E-state index in [1.54, 1.807) is 0 Å². The van der Waals surface area contributed by atoms with Gasteiger partial charge < -0.3 is 9.64 Å². The fraction of sp³-hybridized carbons (Fsp3) is 0.278. The van der Waals surface area contributed by atoms with Gasteiger partial charge in [0.2, 0.25) is 0 Å². The summed E-state index contributed by atoms with van der Waals surface area (Å²) in [6, 6.07) is 17.8. The van der Waals surface area contributed by atoms with Crippen molar-refractivity contribution >= 4 is 23.9 Å². The maximum absolute atomic E-state index is 12.5. The molecule has 1 aliphatic rings. The molecule has 1 aliphatic heterocycles. The second kappa shape index (κ2) is 7.32. The van der Waals surface area contributed by atoms with Gasteiger partial charge in [-0.2, -0.15) is 0 Å². The Balaban J connectivity index is 0.00000176. The first-order chi connectivity index (χ1) is 10.3. The number of carbonyl (C=O) groups excluding carboxylic acids is 1. The molecule has 0 amide bonds. The minimum Gasteiger partial charge on any atom is -0.491 e. The number of hydrogen-bond acceptors (Lipinski definition) is 3. The van der Waals surface area contributed by atoms with Crippen LogP contribution in [-0.2, 0) is 0 Å². The van der Waals surface area contributed by atoms with Crippen molar-refractivity contribution in [1.82, 2.24) is 0 Å². The molecule has 0 saturated carbocycles. The summed E-state index contributed by atoms with van der Waals surface area (Å²) in [7, 11) is 0. The molecule has 116 valence electrons. The van der Waals surface area contributed by atoms with Gasteiger partial charge in [-0.15, -0.1) is 12.4 Å². The second-order valence-electron chi connectivity index (χ2n) is 5.21. The SMILES string of the molecule is CCN(c1ccccc1)C1COc2ccccc2C(=O)C1.Cl. The molecule has 22 heavy (non-hydrogen) atoms. The molecular formula is C18H20ClNO2. The van der Waals surface area contributed by atoms with E-state index in [1.165, 1.54) is 0 Å². The molecule has 0 aliphatic carbocycles. The van der Waals surface area contributed by atoms with E-state index in [4.69, 9.17) is 4.74 Å². The number of Topliss-reactive ketones (excluding diaryl/α,β-unsaturated/α-hetero) is 1. The van der Waals surface area contributed by atoms with Gasteiger partial charge in [-0.1, -0.05) is 30.3 Å². The molecule has 0 fully saturated rings. The lowest BCUT2D eigenvalue weighted by molar-refractivity contribution is 0.0976. The van der Waals surface area contributed by atoms with Crippen molar-refractivity contribution in [3.63, 3.8) is 0 Å². The zero-order valence-corrected chi connectivity index (χ0v) is 13.4. The molecule has 1 atom stereocenters. The van der Waals surface area contributed by atoms with Gasteiger partial charge in [-0.3, -0.25) is 4.79 Å². The Morgan fingerprint density at radius 1 is 1.09 bits per heavy atom. The molecule has 1 heterocycles. The Hall–Kier alpha value is -2.00. The van der Waals surface area contributed by atoms with Crippen LogP contribution in [0.5, 0.6) is 5.75 Å². The number of ether oxygens (including phenoxy) is 1. The third-order valence-corrected chi connectivity index (χ3v) is 3.91. The minimum atomic E-state index is 0. The minimum absolute atomic E-state index is 0. The van der Waals surface area contributed by atoms with Crippen LogP contribution in [0.15, 0.2) is 54.6 Å². The number of para-hydroxylation sites is 2. The van der Waals surface area contributed by atoms with Gasteiger partial charge in [-0.05, 0) is 31.2 Å². The molecule has 2 aromatic carbocycles. The summed E-state index contributed by atoms with van der Waals surface area (Å²) in [5.41, 5.74) is 1.83. The Bertz CT molecular complexity index is 630. The molecule has 1 unspecified atom stereocenters. The monoisotopic (exact) mass is 317 g/mol. The summed E-state index contributed by atoms with van der Waals surface area (Å²) in [6.45, 7) is 3.49. The molecule has 0 bridgehead atoms. The predicted molar refractivity (Wildman–Crippen MR) is 91.4 cm³/mol. The van der Waals surface area contributed by atoms with Crippen molar-refractivity contribution in [2.75, 3.05) is 18.1 Å². The summed E-state index contributed by atoms with van der Waals surface area (Å²) in [5, 5.41) is 0. The van der Waals surface area contributed by atoms with Crippen LogP contribution in [0, 0.1) is 0 Å². The molecule has 0 aromatic heterocycles. The highest BCUT2D eigenvalue weighted by Crippen LogP contribution is 2.27. The van der Waals surface area contributed by atoms with Gasteiger partial charge in [-0.25, -0.2) is 0 Å². The molecule has 0 spiro atoms. The third-order valence-electron chi connectivity index (χ3n) is 3.91. The zero-order chi connectivity index (χ0) is 14.7. The fourth-order valence-electron chi connectivity index (χ4n) is 2.86. The number of ketones is 1. The molecule has 3 nitrogen and oxygen atoms in total. The van der Waals surface area contributed by atoms with Crippen molar-refractivity contribution in [1.29, 1.82) is 0 Å². The normalized spacial score (nSPS) is 16.8. The average molecular weight is 318 g/mol. The van der Waals surface area contributed by atoms with Crippen LogP contribution in [0.4, 0.5) is 5.69 Å². The first-order valence-corrected chi connectivity index (χ1v) is 7.36.